The van der Waals surface area contributed by atoms with Crippen LogP contribution in [0.4, 0.5) is 4.39 Å². The maximum absolute atomic E-state index is 13.7. The number of hydrogen-bond acceptors (Lipinski definition) is 5. The normalized spacial score (nSPS) is 18.9. The van der Waals surface area contributed by atoms with Crippen molar-refractivity contribution in [2.45, 2.75) is 53.5 Å². The average molecular weight is 502 g/mol. The SMILES string of the molecule is CC1=C(/C=C/C(C)=C/C=C/C(C)=C/C(=O)Nn2cnc3c(F)ncnc32)C(C)(C)CCC1n1ccnc1. The number of amides is 1. The van der Waals surface area contributed by atoms with Crippen molar-refractivity contribution in [3.63, 3.8) is 0 Å². The van der Waals surface area contributed by atoms with Crippen molar-refractivity contribution >= 4 is 17.1 Å². The van der Waals surface area contributed by atoms with Crippen LogP contribution in [0, 0.1) is 11.4 Å². The highest BCUT2D eigenvalue weighted by Gasteiger charge is 2.32. The van der Waals surface area contributed by atoms with Gasteiger partial charge >= 0.3 is 0 Å². The van der Waals surface area contributed by atoms with Gasteiger partial charge in [-0.05, 0) is 55.7 Å². The fourth-order valence-corrected chi connectivity index (χ4v) is 4.66. The summed E-state index contributed by atoms with van der Waals surface area (Å²) in [5.41, 5.74) is 7.50. The molecule has 37 heavy (non-hydrogen) atoms. The van der Waals surface area contributed by atoms with Crippen molar-refractivity contribution in [3.8, 4) is 0 Å². The maximum Gasteiger partial charge on any atom is 0.263 e. The zero-order valence-corrected chi connectivity index (χ0v) is 21.8. The molecule has 0 bridgehead atoms. The molecular weight excluding hydrogens is 469 g/mol. The van der Waals surface area contributed by atoms with Gasteiger partial charge in [-0.2, -0.15) is 4.39 Å². The molecule has 4 rings (SSSR count). The molecule has 0 radical (unpaired) electrons. The summed E-state index contributed by atoms with van der Waals surface area (Å²) in [6.45, 7) is 10.7. The Bertz CT molecular complexity index is 1440. The number of hydrogen-bond donors (Lipinski definition) is 1. The first kappa shape index (κ1) is 25.9. The summed E-state index contributed by atoms with van der Waals surface area (Å²) >= 11 is 0. The van der Waals surface area contributed by atoms with Gasteiger partial charge in [-0.25, -0.2) is 24.6 Å². The number of rotatable bonds is 7. The third-order valence-electron chi connectivity index (χ3n) is 6.69. The van der Waals surface area contributed by atoms with E-state index in [4.69, 9.17) is 0 Å². The van der Waals surface area contributed by atoms with Crippen LogP contribution >= 0.6 is 0 Å². The molecule has 0 aromatic carbocycles. The Morgan fingerprint density at radius 1 is 1.16 bits per heavy atom. The lowest BCUT2D eigenvalue weighted by Gasteiger charge is -2.37. The highest BCUT2D eigenvalue weighted by molar-refractivity contribution is 5.95. The number of nitrogens with zero attached hydrogens (tertiary/aromatic N) is 6. The largest absolute Gasteiger partial charge is 0.330 e. The molecule has 3 heterocycles. The average Bonchev–Trinajstić information content (AvgIpc) is 3.50. The Kier molecular flexibility index (Phi) is 7.61. The van der Waals surface area contributed by atoms with Crippen LogP contribution in [-0.4, -0.2) is 35.1 Å². The third kappa shape index (κ3) is 5.99. The molecule has 8 nitrogen and oxygen atoms in total. The molecule has 0 aliphatic heterocycles. The van der Waals surface area contributed by atoms with Gasteiger partial charge in [0, 0.05) is 18.5 Å². The second-order valence-corrected chi connectivity index (χ2v) is 9.96. The van der Waals surface area contributed by atoms with Gasteiger partial charge in [-0.15, -0.1) is 0 Å². The summed E-state index contributed by atoms with van der Waals surface area (Å²) in [5, 5.41) is 0. The van der Waals surface area contributed by atoms with Crippen molar-refractivity contribution in [1.82, 2.24) is 29.2 Å². The fraction of sp³-hybridized carbons (Fsp3) is 0.321. The molecule has 3 aromatic rings. The number of allylic oxidation sites excluding steroid dienone is 9. The molecule has 0 spiro atoms. The predicted octanol–water partition coefficient (Wildman–Crippen LogP) is 5.61. The first-order valence-corrected chi connectivity index (χ1v) is 12.2. The van der Waals surface area contributed by atoms with E-state index in [0.29, 0.717) is 6.04 Å². The van der Waals surface area contributed by atoms with E-state index in [1.807, 2.05) is 43.9 Å². The van der Waals surface area contributed by atoms with Crippen molar-refractivity contribution in [3.05, 3.63) is 96.1 Å². The topological polar surface area (TPSA) is 90.5 Å². The number of imidazole rings is 2. The quantitative estimate of drug-likeness (QED) is 0.258. The summed E-state index contributed by atoms with van der Waals surface area (Å²) < 4.78 is 17.1. The zero-order valence-electron chi connectivity index (χ0n) is 21.8. The van der Waals surface area contributed by atoms with E-state index in [2.05, 4.69) is 69.8 Å². The molecule has 0 fully saturated rings. The number of fused-ring (bicyclic) bond motifs is 1. The van der Waals surface area contributed by atoms with Crippen LogP contribution in [0.3, 0.4) is 0 Å². The van der Waals surface area contributed by atoms with E-state index >= 15 is 0 Å². The molecule has 1 aliphatic carbocycles. The molecule has 3 aromatic heterocycles. The van der Waals surface area contributed by atoms with Gasteiger partial charge in [0.1, 0.15) is 12.7 Å². The molecular formula is C28H32FN7O. The van der Waals surface area contributed by atoms with Crippen molar-refractivity contribution in [1.29, 1.82) is 0 Å². The monoisotopic (exact) mass is 501 g/mol. The Labute approximate surface area is 216 Å². The smallest absolute Gasteiger partial charge is 0.263 e. The molecule has 1 unspecified atom stereocenters. The number of carbonyl (C=O) groups excluding carboxylic acids is 1. The van der Waals surface area contributed by atoms with Crippen LogP contribution in [0.2, 0.25) is 0 Å². The summed E-state index contributed by atoms with van der Waals surface area (Å²) in [6, 6.07) is 0.338. The van der Waals surface area contributed by atoms with Gasteiger partial charge in [0.25, 0.3) is 5.91 Å². The van der Waals surface area contributed by atoms with Crippen molar-refractivity contribution in [2.24, 2.45) is 5.41 Å². The van der Waals surface area contributed by atoms with E-state index in [1.165, 1.54) is 28.2 Å². The summed E-state index contributed by atoms with van der Waals surface area (Å²) in [6.07, 6.45) is 21.9. The van der Waals surface area contributed by atoms with E-state index in [1.54, 1.807) is 0 Å². The van der Waals surface area contributed by atoms with Crippen LogP contribution in [0.5, 0.6) is 0 Å². The van der Waals surface area contributed by atoms with Gasteiger partial charge in [-0.1, -0.05) is 49.8 Å². The molecule has 1 N–H and O–H groups in total. The molecule has 0 saturated heterocycles. The van der Waals surface area contributed by atoms with Crippen molar-refractivity contribution in [2.75, 3.05) is 5.43 Å². The van der Waals surface area contributed by atoms with Crippen LogP contribution < -0.4 is 5.43 Å². The third-order valence-corrected chi connectivity index (χ3v) is 6.69. The minimum Gasteiger partial charge on any atom is -0.330 e. The summed E-state index contributed by atoms with van der Waals surface area (Å²) in [5.74, 6) is -1.11. The van der Waals surface area contributed by atoms with Crippen LogP contribution in [0.15, 0.2) is 90.1 Å². The van der Waals surface area contributed by atoms with Crippen molar-refractivity contribution < 1.29 is 9.18 Å². The number of nitrogens with one attached hydrogen (secondary N) is 1. The first-order valence-electron chi connectivity index (χ1n) is 12.2. The molecule has 0 saturated carbocycles. The highest BCUT2D eigenvalue weighted by Crippen LogP contribution is 2.45. The molecule has 1 aliphatic rings. The second kappa shape index (κ2) is 10.9. The van der Waals surface area contributed by atoms with Crippen LogP contribution in [-0.2, 0) is 4.79 Å². The van der Waals surface area contributed by atoms with Crippen LogP contribution in [0.25, 0.3) is 11.2 Å². The first-order chi connectivity index (χ1) is 17.7. The maximum atomic E-state index is 13.7. The zero-order chi connectivity index (χ0) is 26.6. The lowest BCUT2D eigenvalue weighted by molar-refractivity contribution is -0.112. The molecule has 9 heteroatoms. The van der Waals surface area contributed by atoms with E-state index < -0.39 is 5.95 Å². The Balaban J connectivity index is 1.41. The van der Waals surface area contributed by atoms with Gasteiger partial charge in [0.2, 0.25) is 5.95 Å². The summed E-state index contributed by atoms with van der Waals surface area (Å²) in [4.78, 5) is 27.9. The Hall–Kier alpha value is -4.14. The molecule has 1 amide bonds. The van der Waals surface area contributed by atoms with E-state index in [9.17, 15) is 9.18 Å². The number of carbonyl (C=O) groups is 1. The van der Waals surface area contributed by atoms with Gasteiger partial charge < -0.3 is 4.57 Å². The Morgan fingerprint density at radius 3 is 2.73 bits per heavy atom. The van der Waals surface area contributed by atoms with Crippen LogP contribution in [0.1, 0.15) is 53.5 Å². The highest BCUT2D eigenvalue weighted by atomic mass is 19.1. The lowest BCUT2D eigenvalue weighted by Crippen LogP contribution is -2.25. The fourth-order valence-electron chi connectivity index (χ4n) is 4.66. The molecule has 1 atom stereocenters. The van der Waals surface area contributed by atoms with Gasteiger partial charge in [0.05, 0.1) is 12.4 Å². The summed E-state index contributed by atoms with van der Waals surface area (Å²) in [7, 11) is 0. The van der Waals surface area contributed by atoms with E-state index in [0.717, 1.165) is 30.3 Å². The van der Waals surface area contributed by atoms with Gasteiger partial charge in [0.15, 0.2) is 11.2 Å². The standard InChI is InChI=1S/C28H32FN7O/c1-19(9-10-22-21(3)23(11-12-28(22,4)5)35-14-13-30-17-35)7-6-8-20(2)15-24(37)34-36-18-33-25-26(29)31-16-32-27(25)36/h6-10,13-18,23H,11-12H2,1-5H3,(H,34,37)/b8-6+,10-9+,19-7+,20-15+. The lowest BCUT2D eigenvalue weighted by atomic mass is 9.71. The second-order valence-electron chi connectivity index (χ2n) is 9.96. The van der Waals surface area contributed by atoms with E-state index in [-0.39, 0.29) is 22.5 Å². The van der Waals surface area contributed by atoms with Gasteiger partial charge in [-0.3, -0.25) is 10.2 Å². The number of halogens is 1. The number of aromatic nitrogens is 6. The minimum absolute atomic E-state index is 0.00288. The predicted molar refractivity (Wildman–Crippen MR) is 142 cm³/mol. The molecule has 192 valence electrons. The minimum atomic E-state index is -0.736. The Morgan fingerprint density at radius 2 is 1.97 bits per heavy atom.